The van der Waals surface area contributed by atoms with Gasteiger partial charge < -0.3 is 10.2 Å². The smallest absolute Gasteiger partial charge is 0.275 e. The number of hydrogen-bond donors (Lipinski definition) is 1. The minimum Gasteiger partial charge on any atom is -0.355 e. The highest BCUT2D eigenvalue weighted by atomic mass is 16.1. The third-order valence-electron chi connectivity index (χ3n) is 3.83. The molecule has 0 radical (unpaired) electrons. The topological polar surface area (TPSA) is 58.1 Å². The molecule has 0 spiro atoms. The molecule has 0 aliphatic carbocycles. The monoisotopic (exact) mass is 296 g/mol. The first-order valence-electron chi connectivity index (χ1n) is 7.76. The van der Waals surface area contributed by atoms with Crippen LogP contribution in [0.4, 0.5) is 11.5 Å². The van der Waals surface area contributed by atoms with Gasteiger partial charge in [0.05, 0.1) is 12.4 Å². The van der Waals surface area contributed by atoms with Crippen molar-refractivity contribution in [3.8, 4) is 0 Å². The van der Waals surface area contributed by atoms with Gasteiger partial charge in [-0.1, -0.05) is 31.0 Å². The third kappa shape index (κ3) is 3.61. The maximum absolute atomic E-state index is 12.1. The molecule has 2 heterocycles. The second kappa shape index (κ2) is 7.02. The molecule has 5 heteroatoms. The number of nitrogens with one attached hydrogen (secondary N) is 1. The number of rotatable bonds is 3. The van der Waals surface area contributed by atoms with Crippen LogP contribution in [0.15, 0.2) is 42.7 Å². The molecule has 0 atom stereocenters. The Balaban J connectivity index is 1.66. The first-order chi connectivity index (χ1) is 10.8. The van der Waals surface area contributed by atoms with Crippen molar-refractivity contribution in [3.63, 3.8) is 0 Å². The number of aromatic nitrogens is 2. The summed E-state index contributed by atoms with van der Waals surface area (Å²) in [6, 6.07) is 9.35. The van der Waals surface area contributed by atoms with E-state index in [1.54, 1.807) is 12.4 Å². The van der Waals surface area contributed by atoms with Crippen LogP contribution in [0.25, 0.3) is 0 Å². The maximum atomic E-state index is 12.1. The van der Waals surface area contributed by atoms with Crippen LogP contribution < -0.4 is 10.2 Å². The van der Waals surface area contributed by atoms with Crippen molar-refractivity contribution in [1.29, 1.82) is 0 Å². The van der Waals surface area contributed by atoms with Crippen LogP contribution in [0.1, 0.15) is 36.2 Å². The molecule has 114 valence electrons. The number of carbonyl (C=O) groups excluding carboxylic acids is 1. The molecule has 0 unspecified atom stereocenters. The van der Waals surface area contributed by atoms with Gasteiger partial charge in [-0.15, -0.1) is 0 Å². The molecule has 1 N–H and O–H groups in total. The van der Waals surface area contributed by atoms with Gasteiger partial charge in [-0.25, -0.2) is 9.97 Å². The molecule has 0 bridgehead atoms. The Kier molecular flexibility index (Phi) is 4.63. The van der Waals surface area contributed by atoms with Crippen molar-refractivity contribution in [3.05, 3.63) is 48.4 Å². The van der Waals surface area contributed by atoms with E-state index < -0.39 is 0 Å². The summed E-state index contributed by atoms with van der Waals surface area (Å²) in [5.41, 5.74) is 1.09. The fraction of sp³-hybridized carbons (Fsp3) is 0.353. The lowest BCUT2D eigenvalue weighted by atomic mass is 10.2. The first kappa shape index (κ1) is 14.5. The van der Waals surface area contributed by atoms with Crippen molar-refractivity contribution in [2.45, 2.75) is 25.7 Å². The standard InChI is InChI=1S/C17H20N4O/c22-17(20-14-8-4-3-5-9-14)15-12-19-16(13-18-15)21-10-6-1-2-7-11-21/h3-5,8-9,12-13H,1-2,6-7,10-11H2,(H,20,22). The van der Waals surface area contributed by atoms with Gasteiger partial charge in [-0.3, -0.25) is 4.79 Å². The average Bonchev–Trinajstić information content (AvgIpc) is 2.85. The van der Waals surface area contributed by atoms with Gasteiger partial charge in [0.15, 0.2) is 0 Å². The Bertz CT molecular complexity index is 604. The highest BCUT2D eigenvalue weighted by Crippen LogP contribution is 2.16. The second-order valence-electron chi connectivity index (χ2n) is 5.48. The molecule has 3 rings (SSSR count). The lowest BCUT2D eigenvalue weighted by Gasteiger charge is -2.20. The summed E-state index contributed by atoms with van der Waals surface area (Å²) in [6.45, 7) is 2.04. The van der Waals surface area contributed by atoms with Crippen molar-refractivity contribution in [2.24, 2.45) is 0 Å². The third-order valence-corrected chi connectivity index (χ3v) is 3.83. The summed E-state index contributed by atoms with van der Waals surface area (Å²) in [5, 5.41) is 2.81. The Labute approximate surface area is 130 Å². The number of para-hydroxylation sites is 1. The fourth-order valence-electron chi connectivity index (χ4n) is 2.62. The lowest BCUT2D eigenvalue weighted by Crippen LogP contribution is -2.25. The van der Waals surface area contributed by atoms with Crippen LogP contribution in [0.2, 0.25) is 0 Å². The molecule has 5 nitrogen and oxygen atoms in total. The summed E-state index contributed by atoms with van der Waals surface area (Å²) in [5.74, 6) is 0.624. The van der Waals surface area contributed by atoms with Gasteiger partial charge in [0.1, 0.15) is 11.5 Å². The van der Waals surface area contributed by atoms with Crippen LogP contribution in [-0.4, -0.2) is 29.0 Å². The fourth-order valence-corrected chi connectivity index (χ4v) is 2.62. The molecule has 1 aliphatic heterocycles. The number of carbonyl (C=O) groups is 1. The van der Waals surface area contributed by atoms with Crippen molar-refractivity contribution >= 4 is 17.4 Å². The molecule has 0 saturated carbocycles. The molecule has 1 aromatic heterocycles. The molecule has 1 aliphatic rings. The molecular formula is C17H20N4O. The number of benzene rings is 1. The second-order valence-corrected chi connectivity index (χ2v) is 5.48. The Morgan fingerprint density at radius 3 is 2.32 bits per heavy atom. The molecular weight excluding hydrogens is 276 g/mol. The number of anilines is 2. The summed E-state index contributed by atoms with van der Waals surface area (Å²) < 4.78 is 0. The summed E-state index contributed by atoms with van der Waals surface area (Å²) in [4.78, 5) is 23.1. The predicted molar refractivity (Wildman–Crippen MR) is 87.1 cm³/mol. The van der Waals surface area contributed by atoms with E-state index in [0.29, 0.717) is 5.69 Å². The van der Waals surface area contributed by atoms with Crippen LogP contribution >= 0.6 is 0 Å². The number of nitrogens with zero attached hydrogens (tertiary/aromatic N) is 3. The molecule has 1 amide bonds. The predicted octanol–water partition coefficient (Wildman–Crippen LogP) is 3.11. The molecule has 2 aromatic rings. The van der Waals surface area contributed by atoms with Gasteiger partial charge in [0, 0.05) is 18.8 Å². The zero-order chi connectivity index (χ0) is 15.2. The van der Waals surface area contributed by atoms with Gasteiger partial charge in [-0.05, 0) is 25.0 Å². The Morgan fingerprint density at radius 1 is 0.955 bits per heavy atom. The van der Waals surface area contributed by atoms with E-state index >= 15 is 0 Å². The molecule has 1 saturated heterocycles. The average molecular weight is 296 g/mol. The summed E-state index contributed by atoms with van der Waals surface area (Å²) >= 11 is 0. The van der Waals surface area contributed by atoms with E-state index in [2.05, 4.69) is 20.2 Å². The van der Waals surface area contributed by atoms with Crippen LogP contribution in [0.5, 0.6) is 0 Å². The van der Waals surface area contributed by atoms with Crippen LogP contribution in [0.3, 0.4) is 0 Å². The minimum atomic E-state index is -0.235. The molecule has 1 fully saturated rings. The number of amides is 1. The first-order valence-corrected chi connectivity index (χ1v) is 7.76. The minimum absolute atomic E-state index is 0.235. The normalized spacial score (nSPS) is 15.2. The van der Waals surface area contributed by atoms with Crippen LogP contribution in [0, 0.1) is 0 Å². The lowest BCUT2D eigenvalue weighted by molar-refractivity contribution is 0.102. The van der Waals surface area contributed by atoms with E-state index in [1.807, 2.05) is 30.3 Å². The zero-order valence-electron chi connectivity index (χ0n) is 12.5. The molecule has 22 heavy (non-hydrogen) atoms. The largest absolute Gasteiger partial charge is 0.355 e. The van der Waals surface area contributed by atoms with Gasteiger partial charge in [0.25, 0.3) is 5.91 Å². The van der Waals surface area contributed by atoms with E-state index in [1.165, 1.54) is 25.7 Å². The van der Waals surface area contributed by atoms with Crippen molar-refractivity contribution in [1.82, 2.24) is 9.97 Å². The maximum Gasteiger partial charge on any atom is 0.275 e. The van der Waals surface area contributed by atoms with E-state index in [-0.39, 0.29) is 5.91 Å². The van der Waals surface area contributed by atoms with E-state index in [0.717, 1.165) is 24.6 Å². The van der Waals surface area contributed by atoms with Gasteiger partial charge in [0.2, 0.25) is 0 Å². The van der Waals surface area contributed by atoms with E-state index in [4.69, 9.17) is 0 Å². The highest BCUT2D eigenvalue weighted by molar-refractivity contribution is 6.02. The highest BCUT2D eigenvalue weighted by Gasteiger charge is 2.13. The van der Waals surface area contributed by atoms with Gasteiger partial charge in [-0.2, -0.15) is 0 Å². The quantitative estimate of drug-likeness (QED) is 0.945. The summed E-state index contributed by atoms with van der Waals surface area (Å²) in [7, 11) is 0. The Morgan fingerprint density at radius 2 is 1.68 bits per heavy atom. The SMILES string of the molecule is O=C(Nc1ccccc1)c1cnc(N2CCCCCC2)cn1. The van der Waals surface area contributed by atoms with Crippen molar-refractivity contribution in [2.75, 3.05) is 23.3 Å². The van der Waals surface area contributed by atoms with Crippen molar-refractivity contribution < 1.29 is 4.79 Å². The van der Waals surface area contributed by atoms with Gasteiger partial charge >= 0.3 is 0 Å². The Hall–Kier alpha value is -2.43. The zero-order valence-corrected chi connectivity index (χ0v) is 12.5. The van der Waals surface area contributed by atoms with Crippen LogP contribution in [-0.2, 0) is 0 Å². The van der Waals surface area contributed by atoms with E-state index in [9.17, 15) is 4.79 Å². The summed E-state index contributed by atoms with van der Waals surface area (Å²) in [6.07, 6.45) is 8.20. The molecule has 1 aromatic carbocycles. The number of hydrogen-bond acceptors (Lipinski definition) is 4.